The summed E-state index contributed by atoms with van der Waals surface area (Å²) in [7, 11) is 0. The van der Waals surface area contributed by atoms with Crippen LogP contribution < -0.4 is 10.1 Å². The van der Waals surface area contributed by atoms with Gasteiger partial charge in [0.15, 0.2) is 0 Å². The maximum absolute atomic E-state index is 12.5. The molecular formula is C27H28ClN3O2. The molecule has 0 saturated heterocycles. The van der Waals surface area contributed by atoms with E-state index in [4.69, 9.17) is 21.3 Å². The Labute approximate surface area is 199 Å². The molecule has 1 N–H and O–H groups in total. The Morgan fingerprint density at radius 2 is 1.85 bits per heavy atom. The van der Waals surface area contributed by atoms with Gasteiger partial charge in [-0.3, -0.25) is 4.79 Å². The van der Waals surface area contributed by atoms with Crippen LogP contribution in [-0.2, 0) is 13.0 Å². The van der Waals surface area contributed by atoms with Gasteiger partial charge in [0.1, 0.15) is 18.2 Å². The Bertz CT molecular complexity index is 1250. The number of hydrogen-bond donors (Lipinski definition) is 1. The Hall–Kier alpha value is -3.31. The van der Waals surface area contributed by atoms with Crippen LogP contribution in [0.1, 0.15) is 33.7 Å². The van der Waals surface area contributed by atoms with Crippen molar-refractivity contribution in [2.45, 2.75) is 33.2 Å². The Kier molecular flexibility index (Phi) is 7.30. The third-order valence-corrected chi connectivity index (χ3v) is 5.87. The fourth-order valence-electron chi connectivity index (χ4n) is 3.96. The standard InChI is InChI=1S/C27H28ClN3O2/c1-19-9-14-23(20(2)18-19)27(32)29-15-5-8-26-30-24-6-3-4-7-25(24)31(26)16-17-33-22-12-10-21(28)11-13-22/h3-4,6-7,9-14,18H,5,8,15-17H2,1-2H3,(H,29,32). The lowest BCUT2D eigenvalue weighted by Gasteiger charge is -2.12. The first-order chi connectivity index (χ1) is 16.0. The van der Waals surface area contributed by atoms with E-state index in [1.54, 1.807) is 0 Å². The number of aryl methyl sites for hydroxylation is 3. The molecule has 4 aromatic rings. The molecule has 0 unspecified atom stereocenters. The molecule has 4 rings (SSSR count). The quantitative estimate of drug-likeness (QED) is 0.323. The van der Waals surface area contributed by atoms with Crippen LogP contribution in [0.3, 0.4) is 0 Å². The lowest BCUT2D eigenvalue weighted by molar-refractivity contribution is 0.0952. The van der Waals surface area contributed by atoms with Crippen LogP contribution in [0.25, 0.3) is 11.0 Å². The van der Waals surface area contributed by atoms with Crippen LogP contribution in [0.4, 0.5) is 0 Å². The average Bonchev–Trinajstić information content (AvgIpc) is 3.15. The average molecular weight is 462 g/mol. The van der Waals surface area contributed by atoms with Gasteiger partial charge in [0, 0.05) is 23.6 Å². The summed E-state index contributed by atoms with van der Waals surface area (Å²) in [5.74, 6) is 1.76. The number of nitrogens with one attached hydrogen (secondary N) is 1. The summed E-state index contributed by atoms with van der Waals surface area (Å²) < 4.78 is 8.11. The third kappa shape index (κ3) is 5.74. The van der Waals surface area contributed by atoms with Gasteiger partial charge in [-0.05, 0) is 68.3 Å². The summed E-state index contributed by atoms with van der Waals surface area (Å²) in [6, 6.07) is 21.4. The number of halogens is 1. The Morgan fingerprint density at radius 1 is 1.06 bits per heavy atom. The van der Waals surface area contributed by atoms with Crippen molar-refractivity contribution in [3.63, 3.8) is 0 Å². The second-order valence-electron chi connectivity index (χ2n) is 8.15. The lowest BCUT2D eigenvalue weighted by atomic mass is 10.1. The smallest absolute Gasteiger partial charge is 0.251 e. The number of carbonyl (C=O) groups is 1. The number of hydrogen-bond acceptors (Lipinski definition) is 3. The fourth-order valence-corrected chi connectivity index (χ4v) is 4.09. The monoisotopic (exact) mass is 461 g/mol. The molecular weight excluding hydrogens is 434 g/mol. The van der Waals surface area contributed by atoms with Crippen molar-refractivity contribution in [2.75, 3.05) is 13.2 Å². The zero-order valence-corrected chi connectivity index (χ0v) is 19.7. The molecule has 0 aliphatic heterocycles. The van der Waals surface area contributed by atoms with Crippen molar-refractivity contribution in [3.8, 4) is 5.75 Å². The molecule has 0 bridgehead atoms. The molecule has 3 aromatic carbocycles. The summed E-state index contributed by atoms with van der Waals surface area (Å²) in [4.78, 5) is 17.4. The van der Waals surface area contributed by atoms with E-state index in [0.717, 1.165) is 52.1 Å². The number of para-hydroxylation sites is 2. The van der Waals surface area contributed by atoms with Crippen molar-refractivity contribution in [3.05, 3.63) is 94.3 Å². The molecule has 33 heavy (non-hydrogen) atoms. The zero-order valence-electron chi connectivity index (χ0n) is 19.0. The molecule has 0 atom stereocenters. The van der Waals surface area contributed by atoms with E-state index in [0.29, 0.717) is 24.7 Å². The number of ether oxygens (including phenoxy) is 1. The molecule has 0 radical (unpaired) electrons. The van der Waals surface area contributed by atoms with E-state index in [9.17, 15) is 4.79 Å². The molecule has 1 aromatic heterocycles. The summed E-state index contributed by atoms with van der Waals surface area (Å²) >= 11 is 5.95. The number of amides is 1. The SMILES string of the molecule is Cc1ccc(C(=O)NCCCc2nc3ccccc3n2CCOc2ccc(Cl)cc2)c(C)c1. The first kappa shape index (κ1) is 22.9. The normalized spacial score (nSPS) is 11.0. The lowest BCUT2D eigenvalue weighted by Crippen LogP contribution is -2.25. The first-order valence-electron chi connectivity index (χ1n) is 11.2. The molecule has 0 fully saturated rings. The highest BCUT2D eigenvalue weighted by molar-refractivity contribution is 6.30. The van der Waals surface area contributed by atoms with E-state index in [-0.39, 0.29) is 5.91 Å². The molecule has 0 spiro atoms. The maximum Gasteiger partial charge on any atom is 0.251 e. The van der Waals surface area contributed by atoms with Crippen LogP contribution in [-0.4, -0.2) is 28.6 Å². The molecule has 1 heterocycles. The molecule has 0 aliphatic rings. The first-order valence-corrected chi connectivity index (χ1v) is 11.6. The summed E-state index contributed by atoms with van der Waals surface area (Å²) in [5, 5.41) is 3.73. The van der Waals surface area contributed by atoms with E-state index < -0.39 is 0 Å². The zero-order chi connectivity index (χ0) is 23.2. The number of aromatic nitrogens is 2. The van der Waals surface area contributed by atoms with Crippen molar-refractivity contribution >= 4 is 28.5 Å². The van der Waals surface area contributed by atoms with E-state index in [1.807, 2.05) is 74.5 Å². The second-order valence-corrected chi connectivity index (χ2v) is 8.59. The fraction of sp³-hybridized carbons (Fsp3) is 0.259. The summed E-state index contributed by atoms with van der Waals surface area (Å²) in [6.07, 6.45) is 1.57. The number of benzene rings is 3. The maximum atomic E-state index is 12.5. The molecule has 170 valence electrons. The molecule has 6 heteroatoms. The van der Waals surface area contributed by atoms with Gasteiger partial charge in [0.05, 0.1) is 17.6 Å². The number of fused-ring (bicyclic) bond motifs is 1. The van der Waals surface area contributed by atoms with Gasteiger partial charge >= 0.3 is 0 Å². The topological polar surface area (TPSA) is 56.2 Å². The summed E-state index contributed by atoms with van der Waals surface area (Å²) in [5.41, 5.74) is 4.94. The van der Waals surface area contributed by atoms with Gasteiger partial charge in [0.25, 0.3) is 5.91 Å². The van der Waals surface area contributed by atoms with Gasteiger partial charge in [-0.25, -0.2) is 4.98 Å². The second kappa shape index (κ2) is 10.5. The van der Waals surface area contributed by atoms with Crippen LogP contribution in [0.15, 0.2) is 66.7 Å². The number of rotatable bonds is 9. The number of imidazole rings is 1. The van der Waals surface area contributed by atoms with Gasteiger partial charge in [-0.2, -0.15) is 0 Å². The minimum Gasteiger partial charge on any atom is -0.492 e. The highest BCUT2D eigenvalue weighted by Crippen LogP contribution is 2.19. The van der Waals surface area contributed by atoms with E-state index in [2.05, 4.69) is 16.0 Å². The van der Waals surface area contributed by atoms with Crippen molar-refractivity contribution < 1.29 is 9.53 Å². The largest absolute Gasteiger partial charge is 0.492 e. The van der Waals surface area contributed by atoms with E-state index >= 15 is 0 Å². The van der Waals surface area contributed by atoms with Crippen molar-refractivity contribution in [1.82, 2.24) is 14.9 Å². The Morgan fingerprint density at radius 3 is 2.64 bits per heavy atom. The van der Waals surface area contributed by atoms with Gasteiger partial charge in [-0.1, -0.05) is 41.4 Å². The summed E-state index contributed by atoms with van der Waals surface area (Å²) in [6.45, 7) is 5.81. The minimum absolute atomic E-state index is 0.0302. The van der Waals surface area contributed by atoms with Crippen LogP contribution in [0, 0.1) is 13.8 Å². The predicted octanol–water partition coefficient (Wildman–Crippen LogP) is 5.75. The highest BCUT2D eigenvalue weighted by Gasteiger charge is 2.12. The molecule has 1 amide bonds. The van der Waals surface area contributed by atoms with Gasteiger partial charge in [0.2, 0.25) is 0 Å². The van der Waals surface area contributed by atoms with Gasteiger partial charge in [-0.15, -0.1) is 0 Å². The number of carbonyl (C=O) groups excluding carboxylic acids is 1. The van der Waals surface area contributed by atoms with Crippen LogP contribution in [0.5, 0.6) is 5.75 Å². The van der Waals surface area contributed by atoms with Crippen molar-refractivity contribution in [2.24, 2.45) is 0 Å². The molecule has 0 saturated carbocycles. The van der Waals surface area contributed by atoms with Crippen molar-refractivity contribution in [1.29, 1.82) is 0 Å². The molecule has 5 nitrogen and oxygen atoms in total. The Balaban J connectivity index is 1.36. The predicted molar refractivity (Wildman–Crippen MR) is 133 cm³/mol. The van der Waals surface area contributed by atoms with E-state index in [1.165, 1.54) is 0 Å². The number of nitrogens with zero attached hydrogens (tertiary/aromatic N) is 2. The highest BCUT2D eigenvalue weighted by atomic mass is 35.5. The van der Waals surface area contributed by atoms with Crippen LogP contribution >= 0.6 is 11.6 Å². The third-order valence-electron chi connectivity index (χ3n) is 5.62. The van der Waals surface area contributed by atoms with Crippen LogP contribution in [0.2, 0.25) is 5.02 Å². The van der Waals surface area contributed by atoms with Gasteiger partial charge < -0.3 is 14.6 Å². The minimum atomic E-state index is -0.0302. The molecule has 0 aliphatic carbocycles.